The van der Waals surface area contributed by atoms with Gasteiger partial charge in [0.05, 0.1) is 16.9 Å². The SMILES string of the molecule is CCC(=N)c1c(CC)nn(-c2ccc(N(C)C(O)C=CCN(C)C)cc2)c1NC. The largest absolute Gasteiger partial charge is 0.372 e. The standard InChI is InChI=1S/C22H34N6O/c1-7-18(23)21-19(8-2)25-28(22(21)24-3)17-13-11-16(12-14-17)27(6)20(29)10-9-15-26(4)5/h9-14,20,23-24,29H,7-8,15H2,1-6H3. The Morgan fingerprint density at radius 1 is 1.24 bits per heavy atom. The van der Waals surface area contributed by atoms with Crippen LogP contribution in [0.5, 0.6) is 0 Å². The molecule has 0 aliphatic carbocycles. The minimum Gasteiger partial charge on any atom is -0.372 e. The molecular formula is C22H34N6O. The molecule has 0 spiro atoms. The predicted octanol–water partition coefficient (Wildman–Crippen LogP) is 3.13. The van der Waals surface area contributed by atoms with E-state index >= 15 is 0 Å². The first-order chi connectivity index (χ1) is 13.8. The lowest BCUT2D eigenvalue weighted by Gasteiger charge is -2.23. The summed E-state index contributed by atoms with van der Waals surface area (Å²) in [4.78, 5) is 3.85. The molecule has 0 saturated heterocycles. The van der Waals surface area contributed by atoms with E-state index < -0.39 is 6.23 Å². The summed E-state index contributed by atoms with van der Waals surface area (Å²) in [5.41, 5.74) is 4.21. The molecule has 0 aliphatic heterocycles. The molecule has 3 N–H and O–H groups in total. The van der Waals surface area contributed by atoms with Crippen LogP contribution >= 0.6 is 0 Å². The number of hydrogen-bond donors (Lipinski definition) is 3. The Bertz CT molecular complexity index is 838. The molecule has 158 valence electrons. The van der Waals surface area contributed by atoms with Crippen molar-refractivity contribution in [2.75, 3.05) is 45.0 Å². The van der Waals surface area contributed by atoms with Gasteiger partial charge in [-0.2, -0.15) is 5.10 Å². The number of aliphatic hydroxyl groups is 1. The van der Waals surface area contributed by atoms with E-state index in [9.17, 15) is 5.11 Å². The van der Waals surface area contributed by atoms with Crippen LogP contribution in [0.3, 0.4) is 0 Å². The van der Waals surface area contributed by atoms with Crippen molar-refractivity contribution in [3.8, 4) is 5.69 Å². The molecule has 0 aliphatic rings. The topological polar surface area (TPSA) is 80.4 Å². The van der Waals surface area contributed by atoms with Gasteiger partial charge < -0.3 is 25.6 Å². The second-order valence-electron chi connectivity index (χ2n) is 7.25. The first kappa shape index (κ1) is 22.6. The highest BCUT2D eigenvalue weighted by Crippen LogP contribution is 2.27. The molecule has 2 aromatic rings. The van der Waals surface area contributed by atoms with Gasteiger partial charge in [-0.25, -0.2) is 4.68 Å². The molecule has 2 rings (SSSR count). The van der Waals surface area contributed by atoms with Crippen LogP contribution in [0.4, 0.5) is 11.5 Å². The first-order valence-electron chi connectivity index (χ1n) is 10.0. The molecule has 1 heterocycles. The number of aromatic nitrogens is 2. The average Bonchev–Trinajstić information content (AvgIpc) is 3.11. The Kier molecular flexibility index (Phi) is 7.99. The van der Waals surface area contributed by atoms with Crippen LogP contribution in [-0.4, -0.2) is 66.5 Å². The van der Waals surface area contributed by atoms with Gasteiger partial charge in [-0.3, -0.25) is 0 Å². The zero-order valence-corrected chi connectivity index (χ0v) is 18.4. The molecule has 7 nitrogen and oxygen atoms in total. The summed E-state index contributed by atoms with van der Waals surface area (Å²) >= 11 is 0. The normalized spacial score (nSPS) is 12.6. The molecule has 1 unspecified atom stereocenters. The lowest BCUT2D eigenvalue weighted by Crippen LogP contribution is -2.29. The highest BCUT2D eigenvalue weighted by Gasteiger charge is 2.20. The summed E-state index contributed by atoms with van der Waals surface area (Å²) in [6.45, 7) is 4.83. The molecular weight excluding hydrogens is 364 g/mol. The molecule has 0 fully saturated rings. The lowest BCUT2D eigenvalue weighted by atomic mass is 10.1. The average molecular weight is 399 g/mol. The lowest BCUT2D eigenvalue weighted by molar-refractivity contribution is 0.223. The van der Waals surface area contributed by atoms with Crippen molar-refractivity contribution in [1.82, 2.24) is 14.7 Å². The van der Waals surface area contributed by atoms with Gasteiger partial charge in [0.2, 0.25) is 0 Å². The molecule has 1 aromatic carbocycles. The third kappa shape index (κ3) is 5.25. The van der Waals surface area contributed by atoms with Crippen molar-refractivity contribution in [1.29, 1.82) is 5.41 Å². The quantitative estimate of drug-likeness (QED) is 0.325. The van der Waals surface area contributed by atoms with Crippen molar-refractivity contribution >= 4 is 17.2 Å². The van der Waals surface area contributed by atoms with Gasteiger partial charge in [0.15, 0.2) is 0 Å². The third-order valence-corrected chi connectivity index (χ3v) is 4.86. The Hall–Kier alpha value is -2.64. The van der Waals surface area contributed by atoms with Gasteiger partial charge in [-0.05, 0) is 57.3 Å². The number of likely N-dealkylation sites (N-methyl/N-ethyl adjacent to an activating group) is 2. The summed E-state index contributed by atoms with van der Waals surface area (Å²) in [5, 5.41) is 26.7. The van der Waals surface area contributed by atoms with E-state index in [1.807, 2.05) is 79.9 Å². The molecule has 0 bridgehead atoms. The summed E-state index contributed by atoms with van der Waals surface area (Å²) in [7, 11) is 7.71. The maximum absolute atomic E-state index is 10.4. The van der Waals surface area contributed by atoms with E-state index in [0.29, 0.717) is 12.1 Å². The van der Waals surface area contributed by atoms with Crippen LogP contribution in [0.1, 0.15) is 31.5 Å². The molecule has 1 aromatic heterocycles. The monoisotopic (exact) mass is 398 g/mol. The summed E-state index contributed by atoms with van der Waals surface area (Å²) in [6.07, 6.45) is 4.48. The van der Waals surface area contributed by atoms with E-state index in [1.54, 1.807) is 6.08 Å². The fraction of sp³-hybridized carbons (Fsp3) is 0.455. The van der Waals surface area contributed by atoms with Crippen LogP contribution in [-0.2, 0) is 6.42 Å². The van der Waals surface area contributed by atoms with E-state index in [0.717, 1.165) is 41.4 Å². The maximum atomic E-state index is 10.4. The zero-order chi connectivity index (χ0) is 21.6. The fourth-order valence-corrected chi connectivity index (χ4v) is 3.13. The van der Waals surface area contributed by atoms with Crippen molar-refractivity contribution in [3.05, 3.63) is 47.7 Å². The van der Waals surface area contributed by atoms with E-state index in [1.165, 1.54) is 0 Å². The van der Waals surface area contributed by atoms with Gasteiger partial charge in [0, 0.05) is 32.0 Å². The van der Waals surface area contributed by atoms with Crippen molar-refractivity contribution in [2.45, 2.75) is 32.9 Å². The Morgan fingerprint density at radius 2 is 1.90 bits per heavy atom. The second-order valence-corrected chi connectivity index (χ2v) is 7.25. The third-order valence-electron chi connectivity index (χ3n) is 4.86. The van der Waals surface area contributed by atoms with Gasteiger partial charge >= 0.3 is 0 Å². The van der Waals surface area contributed by atoms with Gasteiger partial charge in [-0.15, -0.1) is 0 Å². The Labute approximate surface area is 174 Å². The molecule has 29 heavy (non-hydrogen) atoms. The van der Waals surface area contributed by atoms with Crippen molar-refractivity contribution < 1.29 is 5.11 Å². The van der Waals surface area contributed by atoms with Gasteiger partial charge in [-0.1, -0.05) is 19.9 Å². The minimum absolute atomic E-state index is 0.585. The van der Waals surface area contributed by atoms with Crippen LogP contribution in [0.15, 0.2) is 36.4 Å². The summed E-state index contributed by atoms with van der Waals surface area (Å²) in [6, 6.07) is 7.90. The molecule has 0 saturated carbocycles. The first-order valence-corrected chi connectivity index (χ1v) is 10.0. The van der Waals surface area contributed by atoms with Gasteiger partial charge in [0.25, 0.3) is 0 Å². The zero-order valence-electron chi connectivity index (χ0n) is 18.4. The number of rotatable bonds is 10. The van der Waals surface area contributed by atoms with Crippen LogP contribution in [0.25, 0.3) is 5.69 Å². The number of aliphatic hydroxyl groups excluding tert-OH is 1. The smallest absolute Gasteiger partial charge is 0.146 e. The van der Waals surface area contributed by atoms with Crippen LogP contribution < -0.4 is 10.2 Å². The highest BCUT2D eigenvalue weighted by atomic mass is 16.3. The number of nitrogens with zero attached hydrogens (tertiary/aromatic N) is 4. The van der Waals surface area contributed by atoms with Gasteiger partial charge in [0.1, 0.15) is 12.0 Å². The molecule has 1 atom stereocenters. The van der Waals surface area contributed by atoms with Crippen molar-refractivity contribution in [2.24, 2.45) is 0 Å². The van der Waals surface area contributed by atoms with Crippen LogP contribution in [0.2, 0.25) is 0 Å². The number of nitrogens with one attached hydrogen (secondary N) is 2. The van der Waals surface area contributed by atoms with E-state index in [2.05, 4.69) is 12.2 Å². The minimum atomic E-state index is -0.693. The fourth-order valence-electron chi connectivity index (χ4n) is 3.13. The summed E-state index contributed by atoms with van der Waals surface area (Å²) in [5.74, 6) is 0.835. The number of anilines is 2. The summed E-state index contributed by atoms with van der Waals surface area (Å²) < 4.78 is 1.86. The molecule has 0 radical (unpaired) electrons. The molecule has 7 heteroatoms. The van der Waals surface area contributed by atoms with E-state index in [4.69, 9.17) is 10.5 Å². The van der Waals surface area contributed by atoms with E-state index in [-0.39, 0.29) is 0 Å². The molecule has 0 amide bonds. The number of benzene rings is 1. The predicted molar refractivity (Wildman–Crippen MR) is 122 cm³/mol. The number of hydrogen-bond acceptors (Lipinski definition) is 6. The Balaban J connectivity index is 2.29. The van der Waals surface area contributed by atoms with Crippen molar-refractivity contribution in [3.63, 3.8) is 0 Å². The number of aryl methyl sites for hydroxylation is 1. The maximum Gasteiger partial charge on any atom is 0.146 e. The highest BCUT2D eigenvalue weighted by molar-refractivity contribution is 6.03. The Morgan fingerprint density at radius 3 is 2.41 bits per heavy atom. The van der Waals surface area contributed by atoms with Crippen LogP contribution in [0, 0.1) is 5.41 Å². The second kappa shape index (κ2) is 10.2.